The van der Waals surface area contributed by atoms with Crippen molar-refractivity contribution in [3.8, 4) is 5.75 Å². The van der Waals surface area contributed by atoms with E-state index in [-0.39, 0.29) is 27.7 Å². The molecule has 0 saturated heterocycles. The van der Waals surface area contributed by atoms with E-state index in [4.69, 9.17) is 16.3 Å². The summed E-state index contributed by atoms with van der Waals surface area (Å²) in [4.78, 5) is 23.1. The van der Waals surface area contributed by atoms with E-state index < -0.39 is 21.8 Å². The number of hydrogen-bond acceptors (Lipinski definition) is 5. The number of hydrogen-bond donors (Lipinski definition) is 3. The van der Waals surface area contributed by atoms with Crippen molar-refractivity contribution in [1.82, 2.24) is 0 Å². The summed E-state index contributed by atoms with van der Waals surface area (Å²) in [6.45, 7) is 0. The van der Waals surface area contributed by atoms with Crippen LogP contribution in [-0.4, -0.2) is 27.3 Å². The van der Waals surface area contributed by atoms with Gasteiger partial charge in [0.05, 0.1) is 34.1 Å². The Labute approximate surface area is 154 Å². The standard InChI is InChI=1S/C16H14ClN3O5S/c1-25-14-5-2-9(6-11(14)17)20-26(23,24)10-3-4-12-13(7-10)19-16(22)8-15(21)18-12/h2-7,20H,8H2,1H3,(H,18,21)(H,19,22). The number of rotatable bonds is 4. The molecular formula is C16H14ClN3O5S. The fraction of sp³-hybridized carbons (Fsp3) is 0.125. The van der Waals surface area contributed by atoms with Crippen LogP contribution >= 0.6 is 11.6 Å². The molecule has 2 aromatic rings. The highest BCUT2D eigenvalue weighted by Crippen LogP contribution is 2.31. The van der Waals surface area contributed by atoms with Gasteiger partial charge in [0.15, 0.2) is 0 Å². The fourth-order valence-corrected chi connectivity index (χ4v) is 3.71. The van der Waals surface area contributed by atoms with Gasteiger partial charge in [-0.2, -0.15) is 0 Å². The van der Waals surface area contributed by atoms with Crippen LogP contribution in [0.15, 0.2) is 41.3 Å². The van der Waals surface area contributed by atoms with E-state index in [9.17, 15) is 18.0 Å². The maximum atomic E-state index is 12.6. The Kier molecular flexibility index (Phi) is 4.75. The van der Waals surface area contributed by atoms with Crippen LogP contribution in [0.5, 0.6) is 5.75 Å². The van der Waals surface area contributed by atoms with E-state index in [1.54, 1.807) is 0 Å². The SMILES string of the molecule is COc1ccc(NS(=O)(=O)c2ccc3c(c2)NC(=O)CC(=O)N3)cc1Cl. The van der Waals surface area contributed by atoms with Crippen molar-refractivity contribution < 1.29 is 22.7 Å². The van der Waals surface area contributed by atoms with Gasteiger partial charge < -0.3 is 15.4 Å². The Morgan fingerprint density at radius 3 is 2.38 bits per heavy atom. The summed E-state index contributed by atoms with van der Waals surface area (Å²) in [6.07, 6.45) is -0.334. The van der Waals surface area contributed by atoms with E-state index in [2.05, 4.69) is 15.4 Å². The Balaban J connectivity index is 1.91. The molecule has 0 bridgehead atoms. The van der Waals surface area contributed by atoms with Crippen molar-refractivity contribution in [3.05, 3.63) is 41.4 Å². The van der Waals surface area contributed by atoms with Gasteiger partial charge in [0.25, 0.3) is 10.0 Å². The highest BCUT2D eigenvalue weighted by Gasteiger charge is 2.22. The molecule has 26 heavy (non-hydrogen) atoms. The molecule has 0 radical (unpaired) electrons. The summed E-state index contributed by atoms with van der Waals surface area (Å²) < 4.78 is 32.6. The second kappa shape index (κ2) is 6.85. The quantitative estimate of drug-likeness (QED) is 0.688. The van der Waals surface area contributed by atoms with Gasteiger partial charge in [-0.1, -0.05) is 11.6 Å². The second-order valence-corrected chi connectivity index (χ2v) is 7.52. The highest BCUT2D eigenvalue weighted by molar-refractivity contribution is 7.92. The van der Waals surface area contributed by atoms with Gasteiger partial charge in [-0.05, 0) is 36.4 Å². The van der Waals surface area contributed by atoms with Crippen LogP contribution in [0, 0.1) is 0 Å². The third kappa shape index (κ3) is 3.73. The molecule has 3 N–H and O–H groups in total. The molecule has 2 amide bonds. The van der Waals surface area contributed by atoms with Crippen LogP contribution < -0.4 is 20.1 Å². The predicted molar refractivity (Wildman–Crippen MR) is 97.1 cm³/mol. The monoisotopic (exact) mass is 395 g/mol. The zero-order chi connectivity index (χ0) is 18.9. The van der Waals surface area contributed by atoms with Crippen molar-refractivity contribution in [2.24, 2.45) is 0 Å². The molecule has 0 aliphatic carbocycles. The van der Waals surface area contributed by atoms with Crippen molar-refractivity contribution in [2.45, 2.75) is 11.3 Å². The van der Waals surface area contributed by atoms with Crippen LogP contribution in [0.25, 0.3) is 0 Å². The number of anilines is 3. The molecule has 2 aromatic carbocycles. The molecule has 0 atom stereocenters. The van der Waals surface area contributed by atoms with E-state index >= 15 is 0 Å². The minimum atomic E-state index is -3.94. The molecule has 1 aliphatic rings. The smallest absolute Gasteiger partial charge is 0.261 e. The number of halogens is 1. The molecule has 0 fully saturated rings. The van der Waals surface area contributed by atoms with Gasteiger partial charge >= 0.3 is 0 Å². The molecular weight excluding hydrogens is 382 g/mol. The number of carbonyl (C=O) groups excluding carboxylic acids is 2. The van der Waals surface area contributed by atoms with Gasteiger partial charge in [0, 0.05) is 0 Å². The van der Waals surface area contributed by atoms with Gasteiger partial charge in [-0.25, -0.2) is 8.42 Å². The average Bonchev–Trinajstić information content (AvgIpc) is 2.70. The van der Waals surface area contributed by atoms with E-state index in [0.29, 0.717) is 11.4 Å². The lowest BCUT2D eigenvalue weighted by Gasteiger charge is -2.12. The first kappa shape index (κ1) is 18.0. The maximum absolute atomic E-state index is 12.6. The molecule has 136 valence electrons. The number of benzene rings is 2. The normalized spacial score (nSPS) is 13.9. The largest absolute Gasteiger partial charge is 0.495 e. The summed E-state index contributed by atoms with van der Waals surface area (Å²) in [6, 6.07) is 8.47. The minimum absolute atomic E-state index is 0.0837. The molecule has 0 spiro atoms. The van der Waals surface area contributed by atoms with Gasteiger partial charge in [-0.3, -0.25) is 14.3 Å². The first-order valence-electron chi connectivity index (χ1n) is 7.38. The lowest BCUT2D eigenvalue weighted by Crippen LogP contribution is -2.16. The lowest BCUT2D eigenvalue weighted by molar-refractivity contribution is -0.123. The minimum Gasteiger partial charge on any atom is -0.495 e. The van der Waals surface area contributed by atoms with Crippen LogP contribution in [0.2, 0.25) is 5.02 Å². The van der Waals surface area contributed by atoms with E-state index in [1.165, 1.54) is 43.5 Å². The van der Waals surface area contributed by atoms with Crippen molar-refractivity contribution in [1.29, 1.82) is 0 Å². The maximum Gasteiger partial charge on any atom is 0.261 e. The lowest BCUT2D eigenvalue weighted by atomic mass is 10.2. The highest BCUT2D eigenvalue weighted by atomic mass is 35.5. The average molecular weight is 396 g/mol. The Hall–Kier alpha value is -2.78. The third-order valence-electron chi connectivity index (χ3n) is 3.57. The number of fused-ring (bicyclic) bond motifs is 1. The summed E-state index contributed by atoms with van der Waals surface area (Å²) in [5.74, 6) is -0.577. The molecule has 8 nitrogen and oxygen atoms in total. The molecule has 0 saturated carbocycles. The molecule has 0 aromatic heterocycles. The van der Waals surface area contributed by atoms with Crippen LogP contribution in [-0.2, 0) is 19.6 Å². The van der Waals surface area contributed by atoms with E-state index in [1.807, 2.05) is 0 Å². The van der Waals surface area contributed by atoms with Gasteiger partial charge in [0.2, 0.25) is 11.8 Å². The fourth-order valence-electron chi connectivity index (χ4n) is 2.38. The third-order valence-corrected chi connectivity index (χ3v) is 5.25. The Morgan fingerprint density at radius 2 is 1.73 bits per heavy atom. The first-order chi connectivity index (χ1) is 12.3. The number of methoxy groups -OCH3 is 1. The zero-order valence-corrected chi connectivity index (χ0v) is 15.1. The number of amides is 2. The predicted octanol–water partition coefficient (Wildman–Crippen LogP) is 2.43. The van der Waals surface area contributed by atoms with Crippen molar-refractivity contribution in [3.63, 3.8) is 0 Å². The summed E-state index contributed by atoms with van der Waals surface area (Å²) in [5.41, 5.74) is 0.784. The molecule has 1 aliphatic heterocycles. The van der Waals surface area contributed by atoms with Crippen LogP contribution in [0.1, 0.15) is 6.42 Å². The number of sulfonamides is 1. The topological polar surface area (TPSA) is 114 Å². The molecule has 0 unspecified atom stereocenters. The molecule has 1 heterocycles. The van der Waals surface area contributed by atoms with Crippen molar-refractivity contribution in [2.75, 3.05) is 22.5 Å². The Bertz CT molecular complexity index is 1010. The zero-order valence-electron chi connectivity index (χ0n) is 13.5. The number of ether oxygens (including phenoxy) is 1. The number of nitrogens with one attached hydrogen (secondary N) is 3. The van der Waals surface area contributed by atoms with Crippen molar-refractivity contribution >= 4 is 50.5 Å². The van der Waals surface area contributed by atoms with E-state index in [0.717, 1.165) is 0 Å². The molecule has 3 rings (SSSR count). The summed E-state index contributed by atoms with van der Waals surface area (Å²) in [7, 11) is -2.49. The van der Waals surface area contributed by atoms with Crippen LogP contribution in [0.4, 0.5) is 17.1 Å². The summed E-state index contributed by atoms with van der Waals surface area (Å²) >= 11 is 6.00. The van der Waals surface area contributed by atoms with Gasteiger partial charge in [0.1, 0.15) is 12.2 Å². The second-order valence-electron chi connectivity index (χ2n) is 5.44. The molecule has 10 heteroatoms. The number of carbonyl (C=O) groups is 2. The Morgan fingerprint density at radius 1 is 1.04 bits per heavy atom. The summed E-state index contributed by atoms with van der Waals surface area (Å²) in [5, 5.41) is 5.29. The van der Waals surface area contributed by atoms with Crippen LogP contribution in [0.3, 0.4) is 0 Å². The van der Waals surface area contributed by atoms with Gasteiger partial charge in [-0.15, -0.1) is 0 Å². The first-order valence-corrected chi connectivity index (χ1v) is 9.25.